The molecule has 0 aromatic heterocycles. The normalized spacial score (nSPS) is 26.1. The zero-order valence-corrected chi connectivity index (χ0v) is 12.7. The van der Waals surface area contributed by atoms with Gasteiger partial charge in [-0.25, -0.2) is 13.1 Å². The Bertz CT molecular complexity index is 598. The number of nitrogens with one attached hydrogen (secondary N) is 2. The van der Waals surface area contributed by atoms with E-state index in [4.69, 9.17) is 0 Å². The van der Waals surface area contributed by atoms with E-state index < -0.39 is 10.0 Å². The molecule has 3 rings (SSSR count). The van der Waals surface area contributed by atoms with Crippen molar-refractivity contribution in [2.24, 2.45) is 5.92 Å². The smallest absolute Gasteiger partial charge is 0.240 e. The van der Waals surface area contributed by atoms with Gasteiger partial charge in [0.05, 0.1) is 4.90 Å². The Morgan fingerprint density at radius 2 is 2.15 bits per heavy atom. The van der Waals surface area contributed by atoms with Crippen molar-refractivity contribution in [3.8, 4) is 0 Å². The Kier molecular flexibility index (Phi) is 3.73. The van der Waals surface area contributed by atoms with Crippen molar-refractivity contribution < 1.29 is 8.42 Å². The van der Waals surface area contributed by atoms with Crippen molar-refractivity contribution in [1.29, 1.82) is 0 Å². The van der Waals surface area contributed by atoms with Gasteiger partial charge in [-0.1, -0.05) is 25.8 Å². The summed E-state index contributed by atoms with van der Waals surface area (Å²) < 4.78 is 27.8. The molecule has 0 amide bonds. The van der Waals surface area contributed by atoms with Crippen molar-refractivity contribution in [3.05, 3.63) is 23.8 Å². The van der Waals surface area contributed by atoms with E-state index in [-0.39, 0.29) is 6.04 Å². The van der Waals surface area contributed by atoms with E-state index in [0.29, 0.717) is 10.8 Å². The largest absolute Gasteiger partial charge is 0.384 e. The van der Waals surface area contributed by atoms with Crippen LogP contribution in [0.5, 0.6) is 0 Å². The maximum Gasteiger partial charge on any atom is 0.240 e. The van der Waals surface area contributed by atoms with Gasteiger partial charge in [0.25, 0.3) is 0 Å². The first-order valence-electron chi connectivity index (χ1n) is 7.44. The number of fused-ring (bicyclic) bond motifs is 1. The second-order valence-electron chi connectivity index (χ2n) is 6.09. The summed E-state index contributed by atoms with van der Waals surface area (Å²) in [5.74, 6) is 0.609. The van der Waals surface area contributed by atoms with Gasteiger partial charge in [0.15, 0.2) is 0 Å². The summed E-state index contributed by atoms with van der Waals surface area (Å²) in [6, 6.07) is 5.50. The molecule has 5 heteroatoms. The van der Waals surface area contributed by atoms with Crippen LogP contribution in [0.3, 0.4) is 0 Å². The minimum atomic E-state index is -3.39. The fourth-order valence-corrected chi connectivity index (χ4v) is 4.57. The summed E-state index contributed by atoms with van der Waals surface area (Å²) >= 11 is 0. The van der Waals surface area contributed by atoms with Crippen molar-refractivity contribution in [2.75, 3.05) is 11.9 Å². The monoisotopic (exact) mass is 294 g/mol. The molecule has 1 fully saturated rings. The second-order valence-corrected chi connectivity index (χ2v) is 7.80. The van der Waals surface area contributed by atoms with Crippen LogP contribution in [0.25, 0.3) is 0 Å². The van der Waals surface area contributed by atoms with Crippen molar-refractivity contribution in [3.63, 3.8) is 0 Å². The molecule has 2 atom stereocenters. The fourth-order valence-electron chi connectivity index (χ4n) is 3.27. The number of benzene rings is 1. The molecule has 4 nitrogen and oxygen atoms in total. The van der Waals surface area contributed by atoms with E-state index in [1.165, 1.54) is 12.0 Å². The van der Waals surface area contributed by atoms with Gasteiger partial charge in [-0.15, -0.1) is 0 Å². The molecule has 0 bridgehead atoms. The molecule has 0 saturated heterocycles. The highest BCUT2D eigenvalue weighted by molar-refractivity contribution is 7.89. The quantitative estimate of drug-likeness (QED) is 0.900. The molecule has 1 aromatic carbocycles. The lowest BCUT2D eigenvalue weighted by Gasteiger charge is -2.27. The molecule has 2 unspecified atom stereocenters. The molecule has 1 aromatic rings. The average Bonchev–Trinajstić information content (AvgIpc) is 2.85. The molecule has 20 heavy (non-hydrogen) atoms. The Labute approximate surface area is 121 Å². The number of hydrogen-bond acceptors (Lipinski definition) is 3. The second kappa shape index (κ2) is 5.37. The zero-order valence-electron chi connectivity index (χ0n) is 11.9. The third kappa shape index (κ3) is 2.83. The summed E-state index contributed by atoms with van der Waals surface area (Å²) in [7, 11) is -3.39. The molecule has 0 radical (unpaired) electrons. The summed E-state index contributed by atoms with van der Waals surface area (Å²) in [6.45, 7) is 3.09. The molecular formula is C15H22N2O2S. The van der Waals surface area contributed by atoms with Crippen LogP contribution < -0.4 is 10.0 Å². The number of hydrogen-bond donors (Lipinski definition) is 2. The van der Waals surface area contributed by atoms with Gasteiger partial charge in [0.2, 0.25) is 10.0 Å². The first-order valence-corrected chi connectivity index (χ1v) is 8.92. The Morgan fingerprint density at radius 1 is 1.30 bits per heavy atom. The molecule has 0 spiro atoms. The van der Waals surface area contributed by atoms with Crippen LogP contribution in [0.4, 0.5) is 5.69 Å². The number of anilines is 1. The predicted octanol–water partition coefficient (Wildman–Crippen LogP) is 2.51. The zero-order chi connectivity index (χ0) is 14.2. The van der Waals surface area contributed by atoms with Gasteiger partial charge < -0.3 is 5.32 Å². The molecule has 1 heterocycles. The summed E-state index contributed by atoms with van der Waals surface area (Å²) in [5, 5.41) is 3.23. The lowest BCUT2D eigenvalue weighted by Crippen LogP contribution is -2.37. The fraction of sp³-hybridized carbons (Fsp3) is 0.600. The van der Waals surface area contributed by atoms with Gasteiger partial charge in [-0.2, -0.15) is 0 Å². The van der Waals surface area contributed by atoms with Gasteiger partial charge in [-0.05, 0) is 42.9 Å². The van der Waals surface area contributed by atoms with Gasteiger partial charge >= 0.3 is 0 Å². The summed E-state index contributed by atoms with van der Waals surface area (Å²) in [4.78, 5) is 0.379. The molecular weight excluding hydrogens is 272 g/mol. The average molecular weight is 294 g/mol. The highest BCUT2D eigenvalue weighted by atomic mass is 32.2. The first-order chi connectivity index (χ1) is 9.54. The van der Waals surface area contributed by atoms with Crippen LogP contribution in [0.2, 0.25) is 0 Å². The van der Waals surface area contributed by atoms with Crippen LogP contribution >= 0.6 is 0 Å². The molecule has 1 aliphatic heterocycles. The molecule has 110 valence electrons. The van der Waals surface area contributed by atoms with E-state index in [0.717, 1.165) is 37.9 Å². The van der Waals surface area contributed by atoms with Crippen LogP contribution in [-0.2, 0) is 16.4 Å². The SMILES string of the molecule is CC1CCCC(NS(=O)(=O)c2ccc3c(c2)NCC3)C1. The third-order valence-corrected chi connectivity index (χ3v) is 5.88. The van der Waals surface area contributed by atoms with Crippen molar-refractivity contribution in [2.45, 2.75) is 50.0 Å². The third-order valence-electron chi connectivity index (χ3n) is 4.36. The number of rotatable bonds is 3. The molecule has 2 N–H and O–H groups in total. The highest BCUT2D eigenvalue weighted by Crippen LogP contribution is 2.27. The molecule has 1 saturated carbocycles. The topological polar surface area (TPSA) is 58.2 Å². The highest BCUT2D eigenvalue weighted by Gasteiger charge is 2.25. The van der Waals surface area contributed by atoms with Crippen LogP contribution in [0.1, 0.15) is 38.2 Å². The Balaban J connectivity index is 1.77. The summed E-state index contributed by atoms with van der Waals surface area (Å²) in [5.41, 5.74) is 2.17. The lowest BCUT2D eigenvalue weighted by molar-refractivity contribution is 0.327. The molecule has 1 aliphatic carbocycles. The maximum atomic E-state index is 12.5. The first kappa shape index (κ1) is 13.9. The van der Waals surface area contributed by atoms with Crippen LogP contribution in [0.15, 0.2) is 23.1 Å². The van der Waals surface area contributed by atoms with Gasteiger partial charge in [0, 0.05) is 18.3 Å². The predicted molar refractivity (Wildman–Crippen MR) is 80.4 cm³/mol. The van der Waals surface area contributed by atoms with E-state index in [1.54, 1.807) is 12.1 Å². The minimum absolute atomic E-state index is 0.0879. The Morgan fingerprint density at radius 3 is 2.95 bits per heavy atom. The van der Waals surface area contributed by atoms with E-state index in [2.05, 4.69) is 17.0 Å². The van der Waals surface area contributed by atoms with E-state index >= 15 is 0 Å². The van der Waals surface area contributed by atoms with E-state index in [9.17, 15) is 8.42 Å². The Hall–Kier alpha value is -1.07. The van der Waals surface area contributed by atoms with Crippen LogP contribution in [0, 0.1) is 5.92 Å². The minimum Gasteiger partial charge on any atom is -0.384 e. The number of sulfonamides is 1. The van der Waals surface area contributed by atoms with Gasteiger partial charge in [-0.3, -0.25) is 0 Å². The van der Waals surface area contributed by atoms with Crippen LogP contribution in [-0.4, -0.2) is 21.0 Å². The van der Waals surface area contributed by atoms with Crippen molar-refractivity contribution >= 4 is 15.7 Å². The van der Waals surface area contributed by atoms with Gasteiger partial charge in [0.1, 0.15) is 0 Å². The van der Waals surface area contributed by atoms with Crippen molar-refractivity contribution in [1.82, 2.24) is 4.72 Å². The molecule has 2 aliphatic rings. The maximum absolute atomic E-state index is 12.5. The standard InChI is InChI=1S/C15H22N2O2S/c1-11-3-2-4-13(9-11)17-20(18,19)14-6-5-12-7-8-16-15(12)10-14/h5-6,10-11,13,16-17H,2-4,7-9H2,1H3. The summed E-state index contributed by atoms with van der Waals surface area (Å²) in [6.07, 6.45) is 5.19. The lowest BCUT2D eigenvalue weighted by atomic mass is 9.88. The van der Waals surface area contributed by atoms with E-state index in [1.807, 2.05) is 6.07 Å².